The van der Waals surface area contributed by atoms with E-state index in [1.807, 2.05) is 23.6 Å². The molecule has 0 aliphatic heterocycles. The van der Waals surface area contributed by atoms with E-state index in [2.05, 4.69) is 10.3 Å². The van der Waals surface area contributed by atoms with Crippen LogP contribution in [0.4, 0.5) is 10.1 Å². The summed E-state index contributed by atoms with van der Waals surface area (Å²) >= 11 is 2.92. The van der Waals surface area contributed by atoms with Gasteiger partial charge in [0.15, 0.2) is 0 Å². The van der Waals surface area contributed by atoms with Crippen molar-refractivity contribution in [3.05, 3.63) is 71.0 Å². The number of aromatic nitrogens is 1. The number of hydrogen-bond donors (Lipinski definition) is 1. The Morgan fingerprint density at radius 2 is 2.12 bits per heavy atom. The van der Waals surface area contributed by atoms with Crippen molar-refractivity contribution < 1.29 is 13.9 Å². The highest BCUT2D eigenvalue weighted by atomic mass is 32.2. The number of carbonyl (C=O) groups is 1. The largest absolute Gasteiger partial charge is 0.497 e. The molecule has 3 rings (SSSR count). The van der Waals surface area contributed by atoms with Crippen molar-refractivity contribution in [3.63, 3.8) is 0 Å². The zero-order valence-electron chi connectivity index (χ0n) is 14.1. The summed E-state index contributed by atoms with van der Waals surface area (Å²) < 4.78 is 19.6. The van der Waals surface area contributed by atoms with Gasteiger partial charge in [0.1, 0.15) is 15.9 Å². The van der Waals surface area contributed by atoms with E-state index < -0.39 is 0 Å². The SMILES string of the molecule is COc1cccc(NC(=O)Cc2csc(SCc3ccccc3F)n2)c1. The summed E-state index contributed by atoms with van der Waals surface area (Å²) in [7, 11) is 1.58. The maximum absolute atomic E-state index is 13.6. The summed E-state index contributed by atoms with van der Waals surface area (Å²) in [6.45, 7) is 0. The number of amides is 1. The molecule has 0 aliphatic carbocycles. The van der Waals surface area contributed by atoms with Crippen LogP contribution in [-0.4, -0.2) is 18.0 Å². The highest BCUT2D eigenvalue weighted by Gasteiger charge is 2.10. The van der Waals surface area contributed by atoms with Gasteiger partial charge in [0.05, 0.1) is 19.2 Å². The number of thioether (sulfide) groups is 1. The molecule has 7 heteroatoms. The Morgan fingerprint density at radius 3 is 2.92 bits per heavy atom. The number of nitrogens with one attached hydrogen (secondary N) is 1. The first-order chi connectivity index (χ1) is 12.6. The third kappa shape index (κ3) is 5.06. The molecule has 2 aromatic carbocycles. The smallest absolute Gasteiger partial charge is 0.230 e. The van der Waals surface area contributed by atoms with Crippen LogP contribution in [0, 0.1) is 5.82 Å². The van der Waals surface area contributed by atoms with Crippen molar-refractivity contribution in [2.24, 2.45) is 0 Å². The van der Waals surface area contributed by atoms with E-state index in [0.29, 0.717) is 28.4 Å². The van der Waals surface area contributed by atoms with Crippen molar-refractivity contribution >= 4 is 34.7 Å². The summed E-state index contributed by atoms with van der Waals surface area (Å²) in [5, 5.41) is 4.68. The quantitative estimate of drug-likeness (QED) is 0.593. The topological polar surface area (TPSA) is 51.2 Å². The second-order valence-electron chi connectivity index (χ2n) is 5.44. The highest BCUT2D eigenvalue weighted by molar-refractivity contribution is 8.00. The number of nitrogens with zero attached hydrogens (tertiary/aromatic N) is 1. The number of carbonyl (C=O) groups excluding carboxylic acids is 1. The lowest BCUT2D eigenvalue weighted by molar-refractivity contribution is -0.115. The zero-order chi connectivity index (χ0) is 18.4. The van der Waals surface area contributed by atoms with Gasteiger partial charge in [-0.15, -0.1) is 11.3 Å². The molecule has 0 radical (unpaired) electrons. The van der Waals surface area contributed by atoms with E-state index in [4.69, 9.17) is 4.74 Å². The molecule has 0 aliphatic rings. The fourth-order valence-electron chi connectivity index (χ4n) is 2.26. The van der Waals surface area contributed by atoms with Crippen LogP contribution in [0.5, 0.6) is 5.75 Å². The van der Waals surface area contributed by atoms with E-state index in [1.165, 1.54) is 29.2 Å². The van der Waals surface area contributed by atoms with Gasteiger partial charge in [-0.05, 0) is 23.8 Å². The predicted octanol–water partition coefficient (Wildman–Crippen LogP) is 4.76. The summed E-state index contributed by atoms with van der Waals surface area (Å²) in [6, 6.07) is 13.9. The van der Waals surface area contributed by atoms with Gasteiger partial charge in [0.25, 0.3) is 0 Å². The Bertz CT molecular complexity index is 899. The maximum Gasteiger partial charge on any atom is 0.230 e. The van der Waals surface area contributed by atoms with Gasteiger partial charge in [-0.3, -0.25) is 4.79 Å². The molecule has 0 saturated carbocycles. The molecule has 1 aromatic heterocycles. The lowest BCUT2D eigenvalue weighted by atomic mass is 10.2. The van der Waals surface area contributed by atoms with Gasteiger partial charge in [0.2, 0.25) is 5.91 Å². The number of anilines is 1. The van der Waals surface area contributed by atoms with Crippen LogP contribution in [0.3, 0.4) is 0 Å². The molecule has 4 nitrogen and oxygen atoms in total. The molecule has 3 aromatic rings. The zero-order valence-corrected chi connectivity index (χ0v) is 15.7. The van der Waals surface area contributed by atoms with Crippen LogP contribution in [0.15, 0.2) is 58.3 Å². The standard InChI is InChI=1S/C19H17FN2O2S2/c1-24-16-7-4-6-14(9-16)21-18(23)10-15-12-26-19(22-15)25-11-13-5-2-3-8-17(13)20/h2-9,12H,10-11H2,1H3,(H,21,23). The Labute approximate surface area is 159 Å². The number of methoxy groups -OCH3 is 1. The average molecular weight is 388 g/mol. The predicted molar refractivity (Wildman–Crippen MR) is 103 cm³/mol. The van der Waals surface area contributed by atoms with Crippen LogP contribution in [0.1, 0.15) is 11.3 Å². The van der Waals surface area contributed by atoms with Gasteiger partial charge >= 0.3 is 0 Å². The van der Waals surface area contributed by atoms with E-state index >= 15 is 0 Å². The maximum atomic E-state index is 13.6. The van der Waals surface area contributed by atoms with Crippen molar-refractivity contribution in [1.82, 2.24) is 4.98 Å². The number of hydrogen-bond acceptors (Lipinski definition) is 5. The molecule has 0 bridgehead atoms. The lowest BCUT2D eigenvalue weighted by Crippen LogP contribution is -2.14. The first-order valence-corrected chi connectivity index (χ1v) is 9.75. The molecular formula is C19H17FN2O2S2. The minimum atomic E-state index is -0.213. The number of ether oxygens (including phenoxy) is 1. The fourth-order valence-corrected chi connectivity index (χ4v) is 4.09. The molecular weight excluding hydrogens is 371 g/mol. The number of halogens is 1. The van der Waals surface area contributed by atoms with Crippen LogP contribution in [0.2, 0.25) is 0 Å². The van der Waals surface area contributed by atoms with E-state index in [9.17, 15) is 9.18 Å². The third-order valence-corrected chi connectivity index (χ3v) is 5.65. The highest BCUT2D eigenvalue weighted by Crippen LogP contribution is 2.27. The van der Waals surface area contributed by atoms with Crippen molar-refractivity contribution in [2.45, 2.75) is 16.5 Å². The summed E-state index contributed by atoms with van der Waals surface area (Å²) in [5.41, 5.74) is 2.02. The first kappa shape index (κ1) is 18.4. The van der Waals surface area contributed by atoms with Crippen LogP contribution in [0.25, 0.3) is 0 Å². The van der Waals surface area contributed by atoms with Crippen molar-refractivity contribution in [2.75, 3.05) is 12.4 Å². The lowest BCUT2D eigenvalue weighted by Gasteiger charge is -2.06. The number of benzene rings is 2. The van der Waals surface area contributed by atoms with Crippen molar-refractivity contribution in [3.8, 4) is 5.75 Å². The monoisotopic (exact) mass is 388 g/mol. The molecule has 26 heavy (non-hydrogen) atoms. The summed E-state index contributed by atoms with van der Waals surface area (Å²) in [6.07, 6.45) is 0.188. The molecule has 0 spiro atoms. The average Bonchev–Trinajstić information content (AvgIpc) is 3.08. The van der Waals surface area contributed by atoms with Crippen LogP contribution >= 0.6 is 23.1 Å². The molecule has 134 valence electrons. The van der Waals surface area contributed by atoms with E-state index in [0.717, 1.165) is 4.34 Å². The Hall–Kier alpha value is -2.38. The second-order valence-corrected chi connectivity index (χ2v) is 7.52. The molecule has 0 fully saturated rings. The fraction of sp³-hybridized carbons (Fsp3) is 0.158. The van der Waals surface area contributed by atoms with E-state index in [-0.39, 0.29) is 18.1 Å². The first-order valence-electron chi connectivity index (χ1n) is 7.88. The minimum absolute atomic E-state index is 0.144. The Balaban J connectivity index is 1.54. The molecule has 0 saturated heterocycles. The van der Waals surface area contributed by atoms with Gasteiger partial charge in [-0.1, -0.05) is 36.0 Å². The molecule has 1 heterocycles. The molecule has 0 unspecified atom stereocenters. The van der Waals surface area contributed by atoms with Gasteiger partial charge in [-0.25, -0.2) is 9.37 Å². The Morgan fingerprint density at radius 1 is 1.27 bits per heavy atom. The van der Waals surface area contributed by atoms with Gasteiger partial charge in [-0.2, -0.15) is 0 Å². The Kier molecular flexibility index (Phi) is 6.25. The normalized spacial score (nSPS) is 10.5. The molecule has 1 N–H and O–H groups in total. The van der Waals surface area contributed by atoms with Crippen molar-refractivity contribution in [1.29, 1.82) is 0 Å². The van der Waals surface area contributed by atoms with E-state index in [1.54, 1.807) is 31.4 Å². The molecule has 1 amide bonds. The van der Waals surface area contributed by atoms with Gasteiger partial charge < -0.3 is 10.1 Å². The number of thiazole rings is 1. The summed E-state index contributed by atoms with van der Waals surface area (Å²) in [5.74, 6) is 0.835. The number of rotatable bonds is 7. The molecule has 0 atom stereocenters. The van der Waals surface area contributed by atoms with Crippen LogP contribution in [-0.2, 0) is 17.0 Å². The third-order valence-electron chi connectivity index (χ3n) is 3.53. The second kappa shape index (κ2) is 8.82. The minimum Gasteiger partial charge on any atom is -0.497 e. The van der Waals surface area contributed by atoms with Gasteiger partial charge in [0, 0.05) is 22.9 Å². The van der Waals surface area contributed by atoms with Crippen LogP contribution < -0.4 is 10.1 Å². The summed E-state index contributed by atoms with van der Waals surface area (Å²) in [4.78, 5) is 16.6.